The summed E-state index contributed by atoms with van der Waals surface area (Å²) in [7, 11) is 4.20. The van der Waals surface area contributed by atoms with Crippen LogP contribution in [0.15, 0.2) is 0 Å². The highest BCUT2D eigenvalue weighted by molar-refractivity contribution is 7.15. The maximum Gasteiger partial charge on any atom is 0.185 e. The first-order valence-electron chi connectivity index (χ1n) is 7.24. The molecule has 0 unspecified atom stereocenters. The van der Waals surface area contributed by atoms with Gasteiger partial charge in [-0.3, -0.25) is 0 Å². The van der Waals surface area contributed by atoms with Gasteiger partial charge in [-0.2, -0.15) is 0 Å². The highest BCUT2D eigenvalue weighted by Crippen LogP contribution is 2.44. The number of nitrogens with zero attached hydrogens (tertiary/aromatic N) is 2. The average Bonchev–Trinajstić information content (AvgIpc) is 3.21. The SMILES string of the molecule is CNCc1sc(N(C)C2CCOCC2)nc1C1CC1. The number of thiazole rings is 1. The van der Waals surface area contributed by atoms with Crippen molar-refractivity contribution in [3.05, 3.63) is 10.6 Å². The van der Waals surface area contributed by atoms with Crippen molar-refractivity contribution in [2.45, 2.75) is 44.2 Å². The fourth-order valence-electron chi connectivity index (χ4n) is 2.69. The summed E-state index contributed by atoms with van der Waals surface area (Å²) in [4.78, 5) is 8.73. The lowest BCUT2D eigenvalue weighted by atomic mass is 10.1. The summed E-state index contributed by atoms with van der Waals surface area (Å²) in [6.45, 7) is 2.73. The van der Waals surface area contributed by atoms with Crippen LogP contribution in [0.3, 0.4) is 0 Å². The van der Waals surface area contributed by atoms with Gasteiger partial charge in [0.2, 0.25) is 0 Å². The predicted octanol–water partition coefficient (Wildman–Crippen LogP) is 2.36. The molecule has 1 aliphatic heterocycles. The first-order valence-corrected chi connectivity index (χ1v) is 8.06. The van der Waals surface area contributed by atoms with Gasteiger partial charge < -0.3 is 15.0 Å². The Morgan fingerprint density at radius 1 is 1.32 bits per heavy atom. The van der Waals surface area contributed by atoms with Gasteiger partial charge in [-0.15, -0.1) is 11.3 Å². The lowest BCUT2D eigenvalue weighted by molar-refractivity contribution is 0.0855. The molecule has 1 aromatic rings. The molecule has 3 rings (SSSR count). The maximum atomic E-state index is 5.45. The third-order valence-electron chi connectivity index (χ3n) is 4.06. The van der Waals surface area contributed by atoms with Crippen molar-refractivity contribution in [2.24, 2.45) is 0 Å². The van der Waals surface area contributed by atoms with Crippen molar-refractivity contribution in [1.29, 1.82) is 0 Å². The van der Waals surface area contributed by atoms with Crippen molar-refractivity contribution in [3.63, 3.8) is 0 Å². The minimum Gasteiger partial charge on any atom is -0.381 e. The van der Waals surface area contributed by atoms with Crippen molar-refractivity contribution in [3.8, 4) is 0 Å². The highest BCUT2D eigenvalue weighted by Gasteiger charge is 2.31. The predicted molar refractivity (Wildman–Crippen MR) is 79.1 cm³/mol. The van der Waals surface area contributed by atoms with Gasteiger partial charge in [-0.1, -0.05) is 0 Å². The molecule has 0 aromatic carbocycles. The molecule has 1 aliphatic carbocycles. The molecule has 1 saturated heterocycles. The molecule has 4 nitrogen and oxygen atoms in total. The van der Waals surface area contributed by atoms with E-state index in [-0.39, 0.29) is 0 Å². The molecular weight excluding hydrogens is 258 g/mol. The van der Waals surface area contributed by atoms with Crippen molar-refractivity contribution in [1.82, 2.24) is 10.3 Å². The van der Waals surface area contributed by atoms with Crippen molar-refractivity contribution in [2.75, 3.05) is 32.2 Å². The summed E-state index contributed by atoms with van der Waals surface area (Å²) < 4.78 is 5.45. The summed E-state index contributed by atoms with van der Waals surface area (Å²) in [6, 6.07) is 0.592. The molecule has 2 heterocycles. The molecule has 1 N–H and O–H groups in total. The molecule has 1 saturated carbocycles. The fraction of sp³-hybridized carbons (Fsp3) is 0.786. The second kappa shape index (κ2) is 5.77. The number of hydrogen-bond acceptors (Lipinski definition) is 5. The zero-order chi connectivity index (χ0) is 13.2. The van der Waals surface area contributed by atoms with Crippen LogP contribution in [0.2, 0.25) is 0 Å². The number of ether oxygens (including phenoxy) is 1. The van der Waals surface area contributed by atoms with E-state index in [1.165, 1.54) is 28.5 Å². The fourth-order valence-corrected chi connectivity index (χ4v) is 3.88. The Bertz CT molecular complexity index is 424. The first-order chi connectivity index (χ1) is 9.29. The molecule has 2 fully saturated rings. The summed E-state index contributed by atoms with van der Waals surface area (Å²) in [5.41, 5.74) is 1.35. The van der Waals surface area contributed by atoms with Crippen LogP contribution in [-0.2, 0) is 11.3 Å². The third-order valence-corrected chi connectivity index (χ3v) is 5.22. The van der Waals surface area contributed by atoms with Gasteiger partial charge in [0.15, 0.2) is 5.13 Å². The molecule has 0 spiro atoms. The molecule has 2 aliphatic rings. The molecule has 0 bridgehead atoms. The second-order valence-electron chi connectivity index (χ2n) is 5.56. The Morgan fingerprint density at radius 2 is 2.05 bits per heavy atom. The summed E-state index contributed by atoms with van der Waals surface area (Å²) >= 11 is 1.87. The van der Waals surface area contributed by atoms with Crippen LogP contribution >= 0.6 is 11.3 Å². The van der Waals surface area contributed by atoms with E-state index in [0.717, 1.165) is 38.5 Å². The monoisotopic (exact) mass is 281 g/mol. The van der Waals surface area contributed by atoms with Gasteiger partial charge in [0.1, 0.15) is 0 Å². The van der Waals surface area contributed by atoms with Crippen LogP contribution in [0.1, 0.15) is 42.2 Å². The van der Waals surface area contributed by atoms with E-state index in [2.05, 4.69) is 17.3 Å². The van der Waals surface area contributed by atoms with Gasteiger partial charge in [-0.05, 0) is 32.7 Å². The Balaban J connectivity index is 1.77. The molecule has 0 radical (unpaired) electrons. The van der Waals surface area contributed by atoms with Crippen LogP contribution in [-0.4, -0.2) is 38.3 Å². The summed E-state index contributed by atoms with van der Waals surface area (Å²) in [6.07, 6.45) is 4.88. The summed E-state index contributed by atoms with van der Waals surface area (Å²) in [5.74, 6) is 0.733. The maximum absolute atomic E-state index is 5.45. The van der Waals surface area contributed by atoms with E-state index in [9.17, 15) is 0 Å². The Morgan fingerprint density at radius 3 is 2.68 bits per heavy atom. The molecule has 106 valence electrons. The van der Waals surface area contributed by atoms with E-state index in [4.69, 9.17) is 9.72 Å². The smallest absolute Gasteiger partial charge is 0.185 e. The van der Waals surface area contributed by atoms with E-state index in [1.54, 1.807) is 0 Å². The molecule has 0 amide bonds. The number of nitrogens with one attached hydrogen (secondary N) is 1. The van der Waals surface area contributed by atoms with Crippen LogP contribution in [0, 0.1) is 0 Å². The van der Waals surface area contributed by atoms with E-state index in [0.29, 0.717) is 6.04 Å². The summed E-state index contributed by atoms with van der Waals surface area (Å²) in [5, 5.41) is 4.46. The van der Waals surface area contributed by atoms with Gasteiger partial charge in [0, 0.05) is 43.6 Å². The highest BCUT2D eigenvalue weighted by atomic mass is 32.1. The zero-order valence-corrected chi connectivity index (χ0v) is 12.6. The number of anilines is 1. The lowest BCUT2D eigenvalue weighted by Crippen LogP contribution is -2.36. The number of rotatable bonds is 5. The molecule has 0 atom stereocenters. The zero-order valence-electron chi connectivity index (χ0n) is 11.8. The van der Waals surface area contributed by atoms with Crippen molar-refractivity contribution >= 4 is 16.5 Å². The molecular formula is C14H23N3OS. The standard InChI is InChI=1S/C14H23N3OS/c1-15-9-12-13(10-3-4-10)16-14(19-12)17(2)11-5-7-18-8-6-11/h10-11,15H,3-9H2,1-2H3. The quantitative estimate of drug-likeness (QED) is 0.899. The van der Waals surface area contributed by atoms with E-state index >= 15 is 0 Å². The van der Waals surface area contributed by atoms with Gasteiger partial charge in [-0.25, -0.2) is 4.98 Å². The largest absolute Gasteiger partial charge is 0.381 e. The Hall–Kier alpha value is -0.650. The lowest BCUT2D eigenvalue weighted by Gasteiger charge is -2.30. The topological polar surface area (TPSA) is 37.4 Å². The normalized spacial score (nSPS) is 20.7. The molecule has 5 heteroatoms. The van der Waals surface area contributed by atoms with Gasteiger partial charge in [0.05, 0.1) is 5.69 Å². The third kappa shape index (κ3) is 2.93. The van der Waals surface area contributed by atoms with E-state index in [1.807, 2.05) is 18.4 Å². The van der Waals surface area contributed by atoms with Crippen LogP contribution in [0.4, 0.5) is 5.13 Å². The van der Waals surface area contributed by atoms with Crippen LogP contribution in [0.25, 0.3) is 0 Å². The minimum atomic E-state index is 0.592. The molecule has 1 aromatic heterocycles. The first kappa shape index (κ1) is 13.3. The van der Waals surface area contributed by atoms with Gasteiger partial charge in [0.25, 0.3) is 0 Å². The average molecular weight is 281 g/mol. The van der Waals surface area contributed by atoms with Gasteiger partial charge >= 0.3 is 0 Å². The Kier molecular flexibility index (Phi) is 4.05. The molecule has 19 heavy (non-hydrogen) atoms. The minimum absolute atomic E-state index is 0.592. The number of aromatic nitrogens is 1. The van der Waals surface area contributed by atoms with E-state index < -0.39 is 0 Å². The van der Waals surface area contributed by atoms with Crippen LogP contribution < -0.4 is 10.2 Å². The van der Waals surface area contributed by atoms with Crippen molar-refractivity contribution < 1.29 is 4.74 Å². The second-order valence-corrected chi connectivity index (χ2v) is 6.63. The number of hydrogen-bond donors (Lipinski definition) is 1. The van der Waals surface area contributed by atoms with Crippen LogP contribution in [0.5, 0.6) is 0 Å². The Labute approximate surface area is 119 Å².